The maximum absolute atomic E-state index is 13.0. The molecule has 2 aliphatic rings. The highest BCUT2D eigenvalue weighted by atomic mass is 19.4. The quantitative estimate of drug-likeness (QED) is 0.192. The number of nitrogens with zero attached hydrogens (tertiary/aromatic N) is 1. The lowest BCUT2D eigenvalue weighted by Gasteiger charge is -2.17. The summed E-state index contributed by atoms with van der Waals surface area (Å²) in [5, 5.41) is 0. The SMILES string of the molecule is CCOC(=O)CC1CCc2cc(OCCCOc3cccc4c3CN(c3ccc(OC(F)(F)F)cc3)C4=O)ccc21. The summed E-state index contributed by atoms with van der Waals surface area (Å²) in [6.45, 7) is 3.26. The number of hydrogen-bond acceptors (Lipinski definition) is 6. The lowest BCUT2D eigenvalue weighted by Crippen LogP contribution is -2.23. The molecule has 3 aromatic carbocycles. The number of amides is 1. The summed E-state index contributed by atoms with van der Waals surface area (Å²) < 4.78 is 58.3. The van der Waals surface area contributed by atoms with Gasteiger partial charge in [0.2, 0.25) is 0 Å². The molecule has 0 fully saturated rings. The maximum atomic E-state index is 13.0. The van der Waals surface area contributed by atoms with Crippen LogP contribution in [0.4, 0.5) is 18.9 Å². The van der Waals surface area contributed by atoms with E-state index in [1.807, 2.05) is 25.1 Å². The third kappa shape index (κ3) is 6.75. The van der Waals surface area contributed by atoms with Crippen LogP contribution in [-0.4, -0.2) is 38.1 Å². The van der Waals surface area contributed by atoms with Crippen molar-refractivity contribution in [1.29, 1.82) is 0 Å². The van der Waals surface area contributed by atoms with Gasteiger partial charge in [-0.3, -0.25) is 9.59 Å². The molecular formula is C31H30F3NO6. The average Bonchev–Trinajstić information content (AvgIpc) is 3.49. The Bertz CT molecular complexity index is 1410. The molecule has 5 rings (SSSR count). The summed E-state index contributed by atoms with van der Waals surface area (Å²) in [5.74, 6) is 0.772. The van der Waals surface area contributed by atoms with Gasteiger partial charge in [-0.2, -0.15) is 0 Å². The standard InChI is InChI=1S/C31H30F3NO6/c1-2-38-29(36)18-21-8-7-20-17-24(13-14-25(20)21)39-15-4-16-40-28-6-3-5-26-27(28)19-35(30(26)37)22-9-11-23(12-10-22)41-31(32,33)34/h3,5-6,9-14,17,21H,2,4,7-8,15-16,18-19H2,1H3. The molecule has 1 aliphatic heterocycles. The van der Waals surface area contributed by atoms with Crippen molar-refractivity contribution >= 4 is 17.6 Å². The molecule has 0 aromatic heterocycles. The van der Waals surface area contributed by atoms with Gasteiger partial charge in [-0.1, -0.05) is 12.1 Å². The van der Waals surface area contributed by atoms with Crippen molar-refractivity contribution in [3.05, 3.63) is 82.9 Å². The Morgan fingerprint density at radius 3 is 2.51 bits per heavy atom. The van der Waals surface area contributed by atoms with E-state index in [4.69, 9.17) is 14.2 Å². The number of ether oxygens (including phenoxy) is 4. The number of benzene rings is 3. The molecule has 0 bridgehead atoms. The predicted octanol–water partition coefficient (Wildman–Crippen LogP) is 6.58. The van der Waals surface area contributed by atoms with Crippen LogP contribution in [-0.2, 0) is 22.5 Å². The van der Waals surface area contributed by atoms with Crippen molar-refractivity contribution in [3.63, 3.8) is 0 Å². The van der Waals surface area contributed by atoms with E-state index in [2.05, 4.69) is 4.74 Å². The number of carbonyl (C=O) groups excluding carboxylic acids is 2. The van der Waals surface area contributed by atoms with Gasteiger partial charge in [0.15, 0.2) is 0 Å². The number of hydrogen-bond donors (Lipinski definition) is 0. The van der Waals surface area contributed by atoms with Gasteiger partial charge in [0, 0.05) is 23.2 Å². The molecule has 1 atom stereocenters. The molecule has 0 saturated heterocycles. The van der Waals surface area contributed by atoms with Gasteiger partial charge in [0.05, 0.1) is 32.8 Å². The molecule has 7 nitrogen and oxygen atoms in total. The minimum atomic E-state index is -4.78. The number of carbonyl (C=O) groups is 2. The van der Waals surface area contributed by atoms with Gasteiger partial charge in [-0.05, 0) is 85.3 Å². The van der Waals surface area contributed by atoms with Crippen molar-refractivity contribution in [2.24, 2.45) is 0 Å². The minimum absolute atomic E-state index is 0.166. The molecule has 41 heavy (non-hydrogen) atoms. The smallest absolute Gasteiger partial charge is 0.493 e. The molecule has 0 saturated carbocycles. The third-order valence-corrected chi connectivity index (χ3v) is 7.16. The number of rotatable bonds is 11. The lowest BCUT2D eigenvalue weighted by molar-refractivity contribution is -0.274. The van der Waals surface area contributed by atoms with Crippen LogP contribution in [0.1, 0.15) is 59.2 Å². The van der Waals surface area contributed by atoms with Crippen LogP contribution in [0.3, 0.4) is 0 Å². The van der Waals surface area contributed by atoms with E-state index in [9.17, 15) is 22.8 Å². The first kappa shape index (κ1) is 28.3. The van der Waals surface area contributed by atoms with Gasteiger partial charge < -0.3 is 23.8 Å². The largest absolute Gasteiger partial charge is 0.573 e. The van der Waals surface area contributed by atoms with E-state index < -0.39 is 6.36 Å². The summed E-state index contributed by atoms with van der Waals surface area (Å²) in [6.07, 6.45) is -1.95. The van der Waals surface area contributed by atoms with Gasteiger partial charge in [-0.25, -0.2) is 0 Å². The minimum Gasteiger partial charge on any atom is -0.493 e. The van der Waals surface area contributed by atoms with E-state index in [1.165, 1.54) is 40.3 Å². The lowest BCUT2D eigenvalue weighted by atomic mass is 9.98. The van der Waals surface area contributed by atoms with Crippen LogP contribution >= 0.6 is 0 Å². The maximum Gasteiger partial charge on any atom is 0.573 e. The molecule has 0 N–H and O–H groups in total. The normalized spacial score (nSPS) is 15.9. The molecule has 0 spiro atoms. The Labute approximate surface area is 235 Å². The molecule has 1 amide bonds. The highest BCUT2D eigenvalue weighted by molar-refractivity contribution is 6.10. The number of aryl methyl sites for hydroxylation is 1. The summed E-state index contributed by atoms with van der Waals surface area (Å²) in [5.41, 5.74) is 4.06. The zero-order valence-electron chi connectivity index (χ0n) is 22.5. The number of fused-ring (bicyclic) bond motifs is 2. The Morgan fingerprint density at radius 1 is 1.00 bits per heavy atom. The molecule has 216 valence electrons. The van der Waals surface area contributed by atoms with E-state index >= 15 is 0 Å². The summed E-state index contributed by atoms with van der Waals surface area (Å²) in [6, 6.07) is 16.4. The van der Waals surface area contributed by atoms with Crippen molar-refractivity contribution in [2.45, 2.75) is 51.4 Å². The third-order valence-electron chi connectivity index (χ3n) is 7.16. The second kappa shape index (κ2) is 12.1. The van der Waals surface area contributed by atoms with Gasteiger partial charge in [-0.15, -0.1) is 13.2 Å². The Balaban J connectivity index is 1.12. The fourth-order valence-corrected chi connectivity index (χ4v) is 5.31. The van der Waals surface area contributed by atoms with Crippen molar-refractivity contribution in [1.82, 2.24) is 0 Å². The van der Waals surface area contributed by atoms with Gasteiger partial charge in [0.1, 0.15) is 17.2 Å². The van der Waals surface area contributed by atoms with E-state index in [-0.39, 0.29) is 30.1 Å². The molecule has 1 unspecified atom stereocenters. The second-order valence-corrected chi connectivity index (χ2v) is 9.87. The molecule has 10 heteroatoms. The van der Waals surface area contributed by atoms with E-state index in [1.54, 1.807) is 18.2 Å². The molecule has 1 aliphatic carbocycles. The van der Waals surface area contributed by atoms with Crippen LogP contribution in [0, 0.1) is 0 Å². The first-order chi connectivity index (χ1) is 19.7. The van der Waals surface area contributed by atoms with Crippen LogP contribution in [0.5, 0.6) is 17.2 Å². The monoisotopic (exact) mass is 569 g/mol. The molecule has 0 radical (unpaired) electrons. The first-order valence-corrected chi connectivity index (χ1v) is 13.6. The summed E-state index contributed by atoms with van der Waals surface area (Å²) in [7, 11) is 0. The Hall–Kier alpha value is -4.21. The summed E-state index contributed by atoms with van der Waals surface area (Å²) >= 11 is 0. The summed E-state index contributed by atoms with van der Waals surface area (Å²) in [4.78, 5) is 26.4. The van der Waals surface area contributed by atoms with Gasteiger partial charge >= 0.3 is 12.3 Å². The first-order valence-electron chi connectivity index (χ1n) is 13.6. The van der Waals surface area contributed by atoms with Gasteiger partial charge in [0.25, 0.3) is 5.91 Å². The predicted molar refractivity (Wildman–Crippen MR) is 144 cm³/mol. The van der Waals surface area contributed by atoms with Crippen molar-refractivity contribution in [2.75, 3.05) is 24.7 Å². The molecule has 1 heterocycles. The topological polar surface area (TPSA) is 74.3 Å². The number of halogens is 3. The van der Waals surface area contributed by atoms with Crippen LogP contribution in [0.25, 0.3) is 0 Å². The van der Waals surface area contributed by atoms with E-state index in [0.717, 1.165) is 24.2 Å². The number of alkyl halides is 3. The van der Waals surface area contributed by atoms with Crippen molar-refractivity contribution in [3.8, 4) is 17.2 Å². The number of esters is 1. The van der Waals surface area contributed by atoms with Crippen LogP contribution in [0.2, 0.25) is 0 Å². The van der Waals surface area contributed by atoms with E-state index in [0.29, 0.717) is 49.7 Å². The van der Waals surface area contributed by atoms with Crippen LogP contribution in [0.15, 0.2) is 60.7 Å². The zero-order chi connectivity index (χ0) is 29.0. The highest BCUT2D eigenvalue weighted by Gasteiger charge is 2.33. The fraction of sp³-hybridized carbons (Fsp3) is 0.355. The second-order valence-electron chi connectivity index (χ2n) is 9.87. The number of anilines is 1. The van der Waals surface area contributed by atoms with Crippen LogP contribution < -0.4 is 19.1 Å². The Morgan fingerprint density at radius 2 is 1.76 bits per heavy atom. The average molecular weight is 570 g/mol. The molecular weight excluding hydrogens is 539 g/mol. The Kier molecular flexibility index (Phi) is 8.37. The van der Waals surface area contributed by atoms with Crippen molar-refractivity contribution < 1.29 is 41.7 Å². The zero-order valence-corrected chi connectivity index (χ0v) is 22.5. The highest BCUT2D eigenvalue weighted by Crippen LogP contribution is 2.38. The fourth-order valence-electron chi connectivity index (χ4n) is 5.31. The molecule has 3 aromatic rings.